The molecule has 0 N–H and O–H groups in total. The summed E-state index contributed by atoms with van der Waals surface area (Å²) in [4.78, 5) is 0. The first-order chi connectivity index (χ1) is 28.8. The smallest absolute Gasteiger partial charge is 0.0641 e. The summed E-state index contributed by atoms with van der Waals surface area (Å²) < 4.78 is 9.91. The Balaban J connectivity index is 1.12. The van der Waals surface area contributed by atoms with E-state index in [4.69, 9.17) is 0 Å². The molecule has 0 radical (unpaired) electrons. The standard InChI is InChI=1S/C54H36N4/c1-3-16-35(17-4-1)55-47-28-13-9-24-43(47)51-49(55)32-30-42-40-23-8-12-27-46(40)58(54(42)51)38-21-15-20-37(34-38)56-48-29-14-10-25-44(48)52-50(56)33-31-41-39-22-7-11-26-45(39)57(53(41)52)36-18-5-2-6-19-36/h1-6,8-21,23-34H,7,22H2. The predicted octanol–water partition coefficient (Wildman–Crippen LogP) is 13.9. The van der Waals surface area contributed by atoms with Crippen molar-refractivity contribution in [3.8, 4) is 22.7 Å². The third-order valence-electron chi connectivity index (χ3n) is 12.6. The van der Waals surface area contributed by atoms with Crippen LogP contribution in [0.1, 0.15) is 17.7 Å². The molecule has 272 valence electrons. The highest BCUT2D eigenvalue weighted by Crippen LogP contribution is 2.45. The fourth-order valence-corrected chi connectivity index (χ4v) is 10.3. The number of allylic oxidation sites excluding steroid dienone is 1. The highest BCUT2D eigenvalue weighted by atomic mass is 15.0. The Morgan fingerprint density at radius 1 is 0.328 bits per heavy atom. The Morgan fingerprint density at radius 3 is 1.47 bits per heavy atom. The summed E-state index contributed by atoms with van der Waals surface area (Å²) in [5.41, 5.74) is 15.9. The number of benzene rings is 8. The van der Waals surface area contributed by atoms with Crippen LogP contribution in [0.3, 0.4) is 0 Å². The maximum atomic E-state index is 2.51. The van der Waals surface area contributed by atoms with Crippen LogP contribution in [0.4, 0.5) is 0 Å². The van der Waals surface area contributed by atoms with Gasteiger partial charge in [0.25, 0.3) is 0 Å². The second-order valence-electron chi connectivity index (χ2n) is 15.6. The number of hydrogen-bond donors (Lipinski definition) is 0. The van der Waals surface area contributed by atoms with Crippen molar-refractivity contribution < 1.29 is 0 Å². The van der Waals surface area contributed by atoms with E-state index in [1.807, 2.05) is 0 Å². The van der Waals surface area contributed by atoms with Crippen LogP contribution in [-0.4, -0.2) is 18.3 Å². The second-order valence-corrected chi connectivity index (χ2v) is 15.6. The van der Waals surface area contributed by atoms with Crippen molar-refractivity contribution in [3.05, 3.63) is 199 Å². The van der Waals surface area contributed by atoms with Gasteiger partial charge in [-0.2, -0.15) is 0 Å². The summed E-state index contributed by atoms with van der Waals surface area (Å²) in [6.45, 7) is 0. The van der Waals surface area contributed by atoms with E-state index < -0.39 is 0 Å². The third kappa shape index (κ3) is 4.24. The lowest BCUT2D eigenvalue weighted by Crippen LogP contribution is -2.00. The molecule has 1 aliphatic rings. The molecular weight excluding hydrogens is 705 g/mol. The Labute approximate surface area is 334 Å². The van der Waals surface area contributed by atoms with Gasteiger partial charge in [-0.05, 0) is 97.3 Å². The summed E-state index contributed by atoms with van der Waals surface area (Å²) in [5.74, 6) is 0. The number of aryl methyl sites for hydroxylation is 1. The largest absolute Gasteiger partial charge is 0.309 e. The SMILES string of the molecule is C1=Cc2c(c3ccc4c(c5ccccc5n4-c4cccc(-n5c6ccccc6c6ccc7c(c8ccccc8n7-c7ccccc7)c65)c4)c3n2-c2ccccc2)CC1. The Kier molecular flexibility index (Phi) is 6.53. The molecule has 0 bridgehead atoms. The molecule has 13 rings (SSSR count). The molecule has 0 amide bonds. The molecule has 0 fully saturated rings. The van der Waals surface area contributed by atoms with Gasteiger partial charge in [-0.1, -0.05) is 115 Å². The van der Waals surface area contributed by atoms with Crippen LogP contribution in [0.2, 0.25) is 0 Å². The third-order valence-corrected chi connectivity index (χ3v) is 12.6. The van der Waals surface area contributed by atoms with E-state index in [9.17, 15) is 0 Å². The zero-order valence-corrected chi connectivity index (χ0v) is 31.7. The van der Waals surface area contributed by atoms with E-state index in [1.165, 1.54) is 93.3 Å². The van der Waals surface area contributed by atoms with Crippen LogP contribution in [0.15, 0.2) is 188 Å². The van der Waals surface area contributed by atoms with Crippen molar-refractivity contribution in [2.75, 3.05) is 0 Å². The zero-order valence-electron chi connectivity index (χ0n) is 31.7. The lowest BCUT2D eigenvalue weighted by Gasteiger charge is -2.14. The van der Waals surface area contributed by atoms with Gasteiger partial charge in [0.1, 0.15) is 0 Å². The van der Waals surface area contributed by atoms with Gasteiger partial charge in [0.2, 0.25) is 0 Å². The van der Waals surface area contributed by atoms with Gasteiger partial charge in [-0.15, -0.1) is 0 Å². The van der Waals surface area contributed by atoms with Gasteiger partial charge in [-0.3, -0.25) is 0 Å². The van der Waals surface area contributed by atoms with Crippen LogP contribution < -0.4 is 0 Å². The number of para-hydroxylation sites is 5. The van der Waals surface area contributed by atoms with Crippen molar-refractivity contribution in [2.45, 2.75) is 12.8 Å². The lowest BCUT2D eigenvalue weighted by atomic mass is 10.00. The monoisotopic (exact) mass is 740 g/mol. The molecule has 58 heavy (non-hydrogen) atoms. The fourth-order valence-electron chi connectivity index (χ4n) is 10.3. The van der Waals surface area contributed by atoms with Crippen LogP contribution in [0.5, 0.6) is 0 Å². The lowest BCUT2D eigenvalue weighted by molar-refractivity contribution is 0.968. The average molecular weight is 741 g/mol. The first-order valence-electron chi connectivity index (χ1n) is 20.3. The van der Waals surface area contributed by atoms with Crippen LogP contribution >= 0.6 is 0 Å². The van der Waals surface area contributed by atoms with Gasteiger partial charge in [0, 0.05) is 66.1 Å². The van der Waals surface area contributed by atoms with Gasteiger partial charge in [0.05, 0.1) is 38.6 Å². The molecule has 4 nitrogen and oxygen atoms in total. The predicted molar refractivity (Wildman–Crippen MR) is 244 cm³/mol. The Bertz CT molecular complexity index is 3660. The molecule has 12 aromatic rings. The summed E-state index contributed by atoms with van der Waals surface area (Å²) in [6, 6.07) is 66.9. The van der Waals surface area contributed by atoms with Crippen molar-refractivity contribution in [1.82, 2.24) is 18.3 Å². The number of aromatic nitrogens is 4. The van der Waals surface area contributed by atoms with Gasteiger partial charge in [-0.25, -0.2) is 0 Å². The number of hydrogen-bond acceptors (Lipinski definition) is 0. The molecular formula is C54H36N4. The van der Waals surface area contributed by atoms with Gasteiger partial charge >= 0.3 is 0 Å². The van der Waals surface area contributed by atoms with Gasteiger partial charge in [0.15, 0.2) is 0 Å². The first kappa shape index (κ1) is 31.6. The van der Waals surface area contributed by atoms with E-state index in [2.05, 4.69) is 212 Å². The van der Waals surface area contributed by atoms with E-state index in [0.717, 1.165) is 29.9 Å². The summed E-state index contributed by atoms with van der Waals surface area (Å²) in [7, 11) is 0. The average Bonchev–Trinajstić information content (AvgIpc) is 4.02. The fraction of sp³-hybridized carbons (Fsp3) is 0.0370. The normalized spacial score (nSPS) is 13.0. The molecule has 0 spiro atoms. The van der Waals surface area contributed by atoms with Crippen molar-refractivity contribution in [1.29, 1.82) is 0 Å². The minimum absolute atomic E-state index is 1.05. The molecule has 4 heteroatoms. The minimum atomic E-state index is 1.05. The quantitative estimate of drug-likeness (QED) is 0.171. The zero-order chi connectivity index (χ0) is 37.9. The van der Waals surface area contributed by atoms with E-state index in [0.29, 0.717) is 0 Å². The number of nitrogens with zero attached hydrogens (tertiary/aromatic N) is 4. The van der Waals surface area contributed by atoms with Crippen molar-refractivity contribution >= 4 is 82.4 Å². The Hall–Kier alpha value is -7.56. The highest BCUT2D eigenvalue weighted by molar-refractivity contribution is 6.26. The van der Waals surface area contributed by atoms with Crippen LogP contribution in [0.25, 0.3) is 105 Å². The number of rotatable bonds is 4. The molecule has 4 aromatic heterocycles. The topological polar surface area (TPSA) is 19.7 Å². The molecule has 0 saturated carbocycles. The molecule has 8 aromatic carbocycles. The summed E-state index contributed by atoms with van der Waals surface area (Å²) in [5, 5.41) is 8.91. The maximum Gasteiger partial charge on any atom is 0.0641 e. The van der Waals surface area contributed by atoms with Gasteiger partial charge < -0.3 is 18.3 Å². The van der Waals surface area contributed by atoms with E-state index in [-0.39, 0.29) is 0 Å². The summed E-state index contributed by atoms with van der Waals surface area (Å²) >= 11 is 0. The van der Waals surface area contributed by atoms with E-state index in [1.54, 1.807) is 0 Å². The van der Waals surface area contributed by atoms with Crippen LogP contribution in [-0.2, 0) is 6.42 Å². The summed E-state index contributed by atoms with van der Waals surface area (Å²) in [6.07, 6.45) is 6.77. The molecule has 0 atom stereocenters. The molecule has 0 saturated heterocycles. The van der Waals surface area contributed by atoms with Crippen molar-refractivity contribution in [2.24, 2.45) is 0 Å². The second kappa shape index (κ2) is 12.0. The van der Waals surface area contributed by atoms with Crippen LogP contribution in [0, 0.1) is 0 Å². The minimum Gasteiger partial charge on any atom is -0.309 e. The molecule has 1 aliphatic carbocycles. The highest BCUT2D eigenvalue weighted by Gasteiger charge is 2.25. The number of fused-ring (bicyclic) bond motifs is 14. The van der Waals surface area contributed by atoms with E-state index >= 15 is 0 Å². The van der Waals surface area contributed by atoms with Crippen molar-refractivity contribution in [3.63, 3.8) is 0 Å². The maximum absolute atomic E-state index is 2.51. The molecule has 0 aliphatic heterocycles. The first-order valence-corrected chi connectivity index (χ1v) is 20.3. The molecule has 4 heterocycles. The Morgan fingerprint density at radius 2 is 0.810 bits per heavy atom. The molecule has 0 unspecified atom stereocenters.